The molecule has 1 aliphatic rings. The van der Waals surface area contributed by atoms with Gasteiger partial charge in [0.05, 0.1) is 5.56 Å². The van der Waals surface area contributed by atoms with Crippen LogP contribution in [0.2, 0.25) is 0 Å². The molecule has 0 atom stereocenters. The van der Waals surface area contributed by atoms with Crippen molar-refractivity contribution in [3.8, 4) is 0 Å². The molecule has 1 fully saturated rings. The van der Waals surface area contributed by atoms with Crippen molar-refractivity contribution < 1.29 is 9.18 Å². The molecule has 0 bridgehead atoms. The van der Waals surface area contributed by atoms with Gasteiger partial charge in [-0.25, -0.2) is 4.39 Å². The fourth-order valence-electron chi connectivity index (χ4n) is 2.22. The quantitative estimate of drug-likeness (QED) is 0.901. The molecule has 4 nitrogen and oxygen atoms in total. The normalized spacial score (nSPS) is 16.1. The van der Waals surface area contributed by atoms with Gasteiger partial charge in [0.1, 0.15) is 5.82 Å². The first kappa shape index (κ1) is 15.4. The molecule has 20 heavy (non-hydrogen) atoms. The molecule has 2 rings (SSSR count). The van der Waals surface area contributed by atoms with Crippen LogP contribution in [0.1, 0.15) is 10.4 Å². The van der Waals surface area contributed by atoms with Gasteiger partial charge in [0.2, 0.25) is 0 Å². The summed E-state index contributed by atoms with van der Waals surface area (Å²) < 4.78 is 14.3. The van der Waals surface area contributed by atoms with Gasteiger partial charge >= 0.3 is 0 Å². The Morgan fingerprint density at radius 3 is 2.80 bits per heavy atom. The van der Waals surface area contributed by atoms with Crippen LogP contribution in [0.15, 0.2) is 22.7 Å². The van der Waals surface area contributed by atoms with Crippen LogP contribution in [0.5, 0.6) is 0 Å². The van der Waals surface area contributed by atoms with Crippen LogP contribution in [-0.2, 0) is 0 Å². The van der Waals surface area contributed by atoms with Crippen molar-refractivity contribution in [2.24, 2.45) is 0 Å². The fourth-order valence-corrected chi connectivity index (χ4v) is 2.73. The van der Waals surface area contributed by atoms with Crippen molar-refractivity contribution in [2.75, 3.05) is 46.3 Å². The van der Waals surface area contributed by atoms with E-state index in [-0.39, 0.29) is 11.5 Å². The Bertz CT molecular complexity index is 457. The van der Waals surface area contributed by atoms with E-state index in [0.29, 0.717) is 11.0 Å². The Labute approximate surface area is 127 Å². The lowest BCUT2D eigenvalue weighted by Gasteiger charge is -2.29. The summed E-state index contributed by atoms with van der Waals surface area (Å²) in [5, 5.41) is 3.29. The largest absolute Gasteiger partial charge is 0.340 e. The number of piperazine rings is 1. The van der Waals surface area contributed by atoms with E-state index in [1.165, 1.54) is 6.07 Å². The summed E-state index contributed by atoms with van der Waals surface area (Å²) >= 11 is 3.24. The number of benzene rings is 1. The second-order valence-electron chi connectivity index (χ2n) is 4.92. The van der Waals surface area contributed by atoms with E-state index in [2.05, 4.69) is 26.1 Å². The molecule has 1 N–H and O–H groups in total. The Morgan fingerprint density at radius 1 is 1.45 bits per heavy atom. The highest BCUT2D eigenvalue weighted by Gasteiger charge is 2.20. The van der Waals surface area contributed by atoms with Gasteiger partial charge in [-0.2, -0.15) is 0 Å². The zero-order chi connectivity index (χ0) is 14.5. The highest BCUT2D eigenvalue weighted by molar-refractivity contribution is 9.10. The molecule has 1 aliphatic heterocycles. The molecule has 6 heteroatoms. The first-order chi connectivity index (χ1) is 9.59. The van der Waals surface area contributed by atoms with Gasteiger partial charge in [-0.1, -0.05) is 6.07 Å². The van der Waals surface area contributed by atoms with E-state index in [1.807, 2.05) is 0 Å². The highest BCUT2D eigenvalue weighted by atomic mass is 79.9. The van der Waals surface area contributed by atoms with Gasteiger partial charge < -0.3 is 10.2 Å². The molecule has 1 amide bonds. The van der Waals surface area contributed by atoms with Crippen LogP contribution in [0.3, 0.4) is 0 Å². The highest BCUT2D eigenvalue weighted by Crippen LogP contribution is 2.20. The molecule has 1 heterocycles. The predicted octanol–water partition coefficient (Wildman–Crippen LogP) is 1.57. The molecule has 1 aromatic carbocycles. The van der Waals surface area contributed by atoms with Crippen LogP contribution >= 0.6 is 15.9 Å². The van der Waals surface area contributed by atoms with Crippen LogP contribution in [0.25, 0.3) is 0 Å². The smallest absolute Gasteiger partial charge is 0.257 e. The van der Waals surface area contributed by atoms with Crippen molar-refractivity contribution >= 4 is 21.8 Å². The van der Waals surface area contributed by atoms with E-state index in [1.54, 1.807) is 24.1 Å². The number of nitrogens with zero attached hydrogens (tertiary/aromatic N) is 2. The van der Waals surface area contributed by atoms with Gasteiger partial charge in [-0.15, -0.1) is 0 Å². The standard InChI is InChI=1S/C14H19BrFN3O/c1-18(9-10-19-7-5-17-6-8-19)14(20)13-11(15)3-2-4-12(13)16/h2-4,17H,5-10H2,1H3. The minimum Gasteiger partial charge on any atom is -0.340 e. The maximum absolute atomic E-state index is 13.8. The average molecular weight is 344 g/mol. The number of carbonyl (C=O) groups is 1. The third-order valence-corrected chi connectivity index (χ3v) is 4.15. The number of halogens is 2. The lowest BCUT2D eigenvalue weighted by atomic mass is 10.2. The first-order valence-corrected chi connectivity index (χ1v) is 7.51. The van der Waals surface area contributed by atoms with Crippen molar-refractivity contribution in [1.82, 2.24) is 15.1 Å². The lowest BCUT2D eigenvalue weighted by molar-refractivity contribution is 0.0769. The molecule has 0 unspecified atom stereocenters. The molecule has 0 aliphatic carbocycles. The van der Waals surface area contributed by atoms with Crippen LogP contribution in [0.4, 0.5) is 4.39 Å². The lowest BCUT2D eigenvalue weighted by Crippen LogP contribution is -2.46. The average Bonchev–Trinajstić information content (AvgIpc) is 2.45. The van der Waals surface area contributed by atoms with E-state index in [4.69, 9.17) is 0 Å². The number of nitrogens with one attached hydrogen (secondary N) is 1. The maximum atomic E-state index is 13.8. The maximum Gasteiger partial charge on any atom is 0.257 e. The van der Waals surface area contributed by atoms with Crippen molar-refractivity contribution in [3.63, 3.8) is 0 Å². The molecule has 110 valence electrons. The summed E-state index contributed by atoms with van der Waals surface area (Å²) in [6.45, 7) is 5.36. The minimum atomic E-state index is -0.488. The van der Waals surface area contributed by atoms with Crippen molar-refractivity contribution in [2.45, 2.75) is 0 Å². The van der Waals surface area contributed by atoms with Gasteiger partial charge in [0.25, 0.3) is 5.91 Å². The summed E-state index contributed by atoms with van der Waals surface area (Å²) in [4.78, 5) is 16.2. The van der Waals surface area contributed by atoms with Gasteiger partial charge in [-0.05, 0) is 28.1 Å². The first-order valence-electron chi connectivity index (χ1n) is 6.72. The number of amides is 1. The van der Waals surface area contributed by atoms with E-state index in [9.17, 15) is 9.18 Å². The molecule has 1 saturated heterocycles. The molecular formula is C14H19BrFN3O. The summed E-state index contributed by atoms with van der Waals surface area (Å²) in [6.07, 6.45) is 0. The predicted molar refractivity (Wildman–Crippen MR) is 80.4 cm³/mol. The van der Waals surface area contributed by atoms with E-state index < -0.39 is 5.82 Å². The summed E-state index contributed by atoms with van der Waals surface area (Å²) in [6, 6.07) is 4.57. The Balaban J connectivity index is 1.94. The third-order valence-electron chi connectivity index (χ3n) is 3.48. The van der Waals surface area contributed by atoms with Gasteiger partial charge in [0, 0.05) is 50.8 Å². The second-order valence-corrected chi connectivity index (χ2v) is 5.77. The zero-order valence-corrected chi connectivity index (χ0v) is 13.1. The SMILES string of the molecule is CN(CCN1CCNCC1)C(=O)c1c(F)cccc1Br. The van der Waals surface area contributed by atoms with E-state index in [0.717, 1.165) is 32.7 Å². The number of carbonyl (C=O) groups excluding carboxylic acids is 1. The summed E-state index contributed by atoms with van der Waals surface area (Å²) in [5.74, 6) is -0.775. The number of rotatable bonds is 4. The van der Waals surface area contributed by atoms with Gasteiger partial charge in [-0.3, -0.25) is 9.69 Å². The Hall–Kier alpha value is -0.980. The number of likely N-dealkylation sites (N-methyl/N-ethyl adjacent to an activating group) is 1. The molecular weight excluding hydrogens is 325 g/mol. The molecule has 0 radical (unpaired) electrons. The topological polar surface area (TPSA) is 35.6 Å². The van der Waals surface area contributed by atoms with Crippen LogP contribution < -0.4 is 5.32 Å². The summed E-state index contributed by atoms with van der Waals surface area (Å²) in [7, 11) is 1.71. The van der Waals surface area contributed by atoms with Crippen LogP contribution in [0, 0.1) is 5.82 Å². The third kappa shape index (κ3) is 3.77. The molecule has 1 aromatic rings. The Morgan fingerprint density at radius 2 is 2.15 bits per heavy atom. The minimum absolute atomic E-state index is 0.107. The number of hydrogen-bond donors (Lipinski definition) is 1. The van der Waals surface area contributed by atoms with E-state index >= 15 is 0 Å². The molecule has 0 aromatic heterocycles. The molecule has 0 saturated carbocycles. The Kier molecular flexibility index (Phi) is 5.51. The van der Waals surface area contributed by atoms with Crippen molar-refractivity contribution in [3.05, 3.63) is 34.1 Å². The number of hydrogen-bond acceptors (Lipinski definition) is 3. The van der Waals surface area contributed by atoms with Crippen molar-refractivity contribution in [1.29, 1.82) is 0 Å². The zero-order valence-electron chi connectivity index (χ0n) is 11.5. The second kappa shape index (κ2) is 7.15. The monoisotopic (exact) mass is 343 g/mol. The molecule has 0 spiro atoms. The van der Waals surface area contributed by atoms with Crippen LogP contribution in [-0.4, -0.2) is 62.0 Å². The summed E-state index contributed by atoms with van der Waals surface area (Å²) in [5.41, 5.74) is 0.107. The van der Waals surface area contributed by atoms with Gasteiger partial charge in [0.15, 0.2) is 0 Å². The fraction of sp³-hybridized carbons (Fsp3) is 0.500.